The van der Waals surface area contributed by atoms with Gasteiger partial charge in [0.15, 0.2) is 17.2 Å². The van der Waals surface area contributed by atoms with Crippen molar-refractivity contribution in [1.82, 2.24) is 15.2 Å². The summed E-state index contributed by atoms with van der Waals surface area (Å²) in [6, 6.07) is 12.8. The molecular weight excluding hydrogens is 448 g/mol. The highest BCUT2D eigenvalue weighted by Crippen LogP contribution is 2.31. The molecule has 2 aromatic carbocycles. The van der Waals surface area contributed by atoms with Crippen LogP contribution in [0.25, 0.3) is 0 Å². The fourth-order valence-corrected chi connectivity index (χ4v) is 3.24. The van der Waals surface area contributed by atoms with Gasteiger partial charge in [0.2, 0.25) is 6.79 Å². The Kier molecular flexibility index (Phi) is 5.31. The topological polar surface area (TPSA) is 77.7 Å². The van der Waals surface area contributed by atoms with Crippen LogP contribution in [0.3, 0.4) is 0 Å². The molecule has 0 radical (unpaired) electrons. The molecule has 0 saturated heterocycles. The number of nitrogens with one attached hydrogen (secondary N) is 1. The summed E-state index contributed by atoms with van der Waals surface area (Å²) in [5.41, 5.74) is 4.52. The van der Waals surface area contributed by atoms with Gasteiger partial charge in [-0.3, -0.25) is 9.48 Å². The van der Waals surface area contributed by atoms with E-state index in [-0.39, 0.29) is 12.5 Å². The fraction of sp³-hybridized carbons (Fsp3) is 0.105. The maximum atomic E-state index is 12.4. The Labute approximate surface area is 174 Å². The van der Waals surface area contributed by atoms with Crippen molar-refractivity contribution in [2.45, 2.75) is 6.54 Å². The zero-order valence-corrected chi connectivity index (χ0v) is 16.8. The predicted molar refractivity (Wildman–Crippen MR) is 108 cm³/mol. The monoisotopic (exact) mass is 460 g/mol. The molecule has 7 nitrogen and oxygen atoms in total. The highest BCUT2D eigenvalue weighted by molar-refractivity contribution is 9.10. The standard InChI is InChI=1S/C19H14BrClN4O3/c20-15-10-25(9-12-1-4-14(21)5-2-12)24-18(15)19(26)23-22-8-13-3-6-16-17(7-13)28-11-27-16/h1-8,10H,9,11H2,(H,23,26)/b22-8+. The van der Waals surface area contributed by atoms with Crippen LogP contribution in [-0.4, -0.2) is 28.7 Å². The number of fused-ring (bicyclic) bond motifs is 1. The molecule has 0 aliphatic carbocycles. The van der Waals surface area contributed by atoms with E-state index in [0.29, 0.717) is 27.5 Å². The number of benzene rings is 2. The molecule has 2 heterocycles. The average Bonchev–Trinajstić information content (AvgIpc) is 3.29. The molecule has 1 N–H and O–H groups in total. The number of carbonyl (C=O) groups excluding carboxylic acids is 1. The number of aromatic nitrogens is 2. The highest BCUT2D eigenvalue weighted by Gasteiger charge is 2.15. The Balaban J connectivity index is 1.40. The Morgan fingerprint density at radius 3 is 2.86 bits per heavy atom. The highest BCUT2D eigenvalue weighted by atomic mass is 79.9. The SMILES string of the molecule is O=C(N/N=C/c1ccc2c(c1)OCO2)c1nn(Cc2ccc(Cl)cc2)cc1Br. The summed E-state index contributed by atoms with van der Waals surface area (Å²) in [6.45, 7) is 0.725. The van der Waals surface area contributed by atoms with Gasteiger partial charge in [0.1, 0.15) is 0 Å². The maximum absolute atomic E-state index is 12.4. The number of nitrogens with zero attached hydrogens (tertiary/aromatic N) is 3. The minimum atomic E-state index is -0.418. The van der Waals surface area contributed by atoms with E-state index in [1.165, 1.54) is 6.21 Å². The van der Waals surface area contributed by atoms with Gasteiger partial charge in [0.25, 0.3) is 5.91 Å². The van der Waals surface area contributed by atoms with Crippen molar-refractivity contribution >= 4 is 39.7 Å². The molecule has 0 bridgehead atoms. The van der Waals surface area contributed by atoms with Crippen LogP contribution in [0.4, 0.5) is 0 Å². The molecule has 0 spiro atoms. The van der Waals surface area contributed by atoms with Gasteiger partial charge in [0, 0.05) is 11.2 Å². The summed E-state index contributed by atoms with van der Waals surface area (Å²) in [5, 5.41) is 8.97. The summed E-state index contributed by atoms with van der Waals surface area (Å²) in [7, 11) is 0. The molecular formula is C19H14BrClN4O3. The van der Waals surface area contributed by atoms with Crippen LogP contribution in [0.15, 0.2) is 58.2 Å². The first kappa shape index (κ1) is 18.5. The van der Waals surface area contributed by atoms with Gasteiger partial charge < -0.3 is 9.47 Å². The lowest BCUT2D eigenvalue weighted by atomic mass is 10.2. The number of halogens is 2. The van der Waals surface area contributed by atoms with Crippen molar-refractivity contribution in [2.24, 2.45) is 5.10 Å². The van der Waals surface area contributed by atoms with E-state index in [9.17, 15) is 4.79 Å². The quantitative estimate of drug-likeness (QED) is 0.463. The number of hydrogen-bond acceptors (Lipinski definition) is 5. The molecule has 1 aliphatic heterocycles. The van der Waals surface area contributed by atoms with E-state index in [4.69, 9.17) is 21.1 Å². The molecule has 1 aliphatic rings. The first-order chi connectivity index (χ1) is 13.6. The maximum Gasteiger partial charge on any atom is 0.293 e. The molecule has 4 rings (SSSR count). The van der Waals surface area contributed by atoms with E-state index >= 15 is 0 Å². The summed E-state index contributed by atoms with van der Waals surface area (Å²) < 4.78 is 12.8. The van der Waals surface area contributed by atoms with Crippen molar-refractivity contribution in [3.8, 4) is 11.5 Å². The van der Waals surface area contributed by atoms with Crippen LogP contribution in [0.2, 0.25) is 5.02 Å². The third-order valence-electron chi connectivity index (χ3n) is 3.97. The number of amides is 1. The molecule has 1 aromatic heterocycles. The number of ether oxygens (including phenoxy) is 2. The molecule has 3 aromatic rings. The van der Waals surface area contributed by atoms with Crippen molar-refractivity contribution in [3.05, 3.63) is 75.0 Å². The lowest BCUT2D eigenvalue weighted by Crippen LogP contribution is -2.19. The molecule has 142 valence electrons. The second kappa shape index (κ2) is 8.04. The molecule has 28 heavy (non-hydrogen) atoms. The summed E-state index contributed by atoms with van der Waals surface area (Å²) >= 11 is 9.26. The van der Waals surface area contributed by atoms with Crippen molar-refractivity contribution in [2.75, 3.05) is 6.79 Å². The first-order valence-corrected chi connectivity index (χ1v) is 9.46. The van der Waals surface area contributed by atoms with E-state index in [1.54, 1.807) is 23.0 Å². The third kappa shape index (κ3) is 4.18. The Morgan fingerprint density at radius 1 is 1.25 bits per heavy atom. The van der Waals surface area contributed by atoms with Crippen LogP contribution in [0.1, 0.15) is 21.6 Å². The van der Waals surface area contributed by atoms with Gasteiger partial charge in [-0.05, 0) is 57.4 Å². The molecule has 1 amide bonds. The second-order valence-electron chi connectivity index (χ2n) is 5.96. The smallest absolute Gasteiger partial charge is 0.293 e. The molecule has 0 saturated carbocycles. The van der Waals surface area contributed by atoms with Crippen LogP contribution in [-0.2, 0) is 6.54 Å². The largest absolute Gasteiger partial charge is 0.454 e. The zero-order valence-electron chi connectivity index (χ0n) is 14.4. The van der Waals surface area contributed by atoms with Crippen LogP contribution >= 0.6 is 27.5 Å². The van der Waals surface area contributed by atoms with E-state index < -0.39 is 5.91 Å². The van der Waals surface area contributed by atoms with E-state index in [0.717, 1.165) is 11.1 Å². The Hall–Kier alpha value is -2.84. The number of hydrogen-bond donors (Lipinski definition) is 1. The second-order valence-corrected chi connectivity index (χ2v) is 7.25. The Morgan fingerprint density at radius 2 is 2.04 bits per heavy atom. The van der Waals surface area contributed by atoms with Crippen LogP contribution in [0, 0.1) is 0 Å². The zero-order chi connectivity index (χ0) is 19.5. The summed E-state index contributed by atoms with van der Waals surface area (Å²) in [5.74, 6) is 0.925. The van der Waals surface area contributed by atoms with Gasteiger partial charge >= 0.3 is 0 Å². The lowest BCUT2D eigenvalue weighted by molar-refractivity contribution is 0.0948. The minimum Gasteiger partial charge on any atom is -0.454 e. The van der Waals surface area contributed by atoms with Gasteiger partial charge in [0.05, 0.1) is 17.2 Å². The average molecular weight is 462 g/mol. The fourth-order valence-electron chi connectivity index (χ4n) is 2.62. The number of hydrazone groups is 1. The van der Waals surface area contributed by atoms with E-state index in [2.05, 4.69) is 31.6 Å². The molecule has 9 heteroatoms. The first-order valence-electron chi connectivity index (χ1n) is 8.29. The van der Waals surface area contributed by atoms with Gasteiger partial charge in [-0.1, -0.05) is 23.7 Å². The summed E-state index contributed by atoms with van der Waals surface area (Å²) in [4.78, 5) is 12.4. The van der Waals surface area contributed by atoms with Crippen LogP contribution in [0.5, 0.6) is 11.5 Å². The lowest BCUT2D eigenvalue weighted by Gasteiger charge is -2.02. The Bertz CT molecular complexity index is 1050. The number of rotatable bonds is 5. The van der Waals surface area contributed by atoms with E-state index in [1.807, 2.05) is 30.3 Å². The molecule has 0 atom stereocenters. The summed E-state index contributed by atoms with van der Waals surface area (Å²) in [6.07, 6.45) is 3.27. The van der Waals surface area contributed by atoms with Gasteiger partial charge in [-0.25, -0.2) is 5.43 Å². The third-order valence-corrected chi connectivity index (χ3v) is 4.80. The number of carbonyl (C=O) groups is 1. The van der Waals surface area contributed by atoms with Crippen molar-refractivity contribution in [3.63, 3.8) is 0 Å². The molecule has 0 fully saturated rings. The minimum absolute atomic E-state index is 0.208. The normalized spacial score (nSPS) is 12.5. The van der Waals surface area contributed by atoms with Crippen molar-refractivity contribution in [1.29, 1.82) is 0 Å². The molecule has 0 unspecified atom stereocenters. The van der Waals surface area contributed by atoms with Gasteiger partial charge in [-0.2, -0.15) is 10.2 Å². The van der Waals surface area contributed by atoms with Crippen molar-refractivity contribution < 1.29 is 14.3 Å². The van der Waals surface area contributed by atoms with Gasteiger partial charge in [-0.15, -0.1) is 0 Å². The van der Waals surface area contributed by atoms with Crippen LogP contribution < -0.4 is 14.9 Å². The predicted octanol–water partition coefficient (Wildman–Crippen LogP) is 3.84.